The number of esters is 1. The van der Waals surface area contributed by atoms with Gasteiger partial charge in [-0.1, -0.05) is 19.9 Å². The Morgan fingerprint density at radius 1 is 1.16 bits per heavy atom. The van der Waals surface area contributed by atoms with E-state index in [0.717, 1.165) is 42.6 Å². The van der Waals surface area contributed by atoms with Crippen molar-refractivity contribution in [3.63, 3.8) is 0 Å². The molecule has 1 amide bonds. The molecule has 1 aliphatic carbocycles. The topological polar surface area (TPSA) is 59.0 Å². The van der Waals surface area contributed by atoms with Gasteiger partial charge in [-0.2, -0.15) is 0 Å². The van der Waals surface area contributed by atoms with Gasteiger partial charge in [-0.3, -0.25) is 9.79 Å². The summed E-state index contributed by atoms with van der Waals surface area (Å²) in [6.45, 7) is 7.45. The van der Waals surface area contributed by atoms with Crippen molar-refractivity contribution in [2.75, 3.05) is 13.2 Å². The summed E-state index contributed by atoms with van der Waals surface area (Å²) in [7, 11) is 0. The number of hydrogen-bond donors (Lipinski definition) is 0. The molecular weight excluding hydrogens is 388 g/mol. The zero-order chi connectivity index (χ0) is 21.8. The van der Waals surface area contributed by atoms with Crippen LogP contribution in [0.15, 0.2) is 41.4 Å². The van der Waals surface area contributed by atoms with E-state index in [0.29, 0.717) is 18.1 Å². The third kappa shape index (κ3) is 3.10. The number of rotatable bonds is 3. The normalized spacial score (nSPS) is 25.7. The van der Waals surface area contributed by atoms with Gasteiger partial charge >= 0.3 is 5.97 Å². The first-order valence-electron chi connectivity index (χ1n) is 11.2. The minimum Gasteiger partial charge on any atom is -0.462 e. The number of piperidine rings is 1. The van der Waals surface area contributed by atoms with Crippen LogP contribution in [0.1, 0.15) is 64.6 Å². The third-order valence-electron chi connectivity index (χ3n) is 7.65. The van der Waals surface area contributed by atoms with Crippen LogP contribution < -0.4 is 0 Å². The highest BCUT2D eigenvalue weighted by atomic mass is 16.5. The maximum atomic E-state index is 13.5. The first-order valence-corrected chi connectivity index (χ1v) is 11.2. The predicted molar refractivity (Wildman–Crippen MR) is 120 cm³/mol. The second kappa shape index (κ2) is 7.33. The van der Waals surface area contributed by atoms with Gasteiger partial charge < -0.3 is 9.64 Å². The first-order chi connectivity index (χ1) is 14.9. The summed E-state index contributed by atoms with van der Waals surface area (Å²) in [5.41, 5.74) is 5.88. The van der Waals surface area contributed by atoms with Crippen LogP contribution >= 0.6 is 0 Å². The predicted octanol–water partition coefficient (Wildman–Crippen LogP) is 4.49. The van der Waals surface area contributed by atoms with Gasteiger partial charge in [-0.05, 0) is 78.1 Å². The summed E-state index contributed by atoms with van der Waals surface area (Å²) in [6, 6.07) is 12.0. The molecule has 5 rings (SSSR count). The van der Waals surface area contributed by atoms with Crippen LogP contribution in [0, 0.1) is 5.92 Å². The SMILES string of the molecule is CCOC(=O)c1ccc2c(c1)[C@]1(C)CCN(C(=O)c3ccc4c(c3)CC=N4)[C@H](C2)[C@H]1C. The van der Waals surface area contributed by atoms with Crippen LogP contribution in [0.4, 0.5) is 5.69 Å². The summed E-state index contributed by atoms with van der Waals surface area (Å²) in [4.78, 5) is 32.2. The number of ether oxygens (including phenoxy) is 1. The zero-order valence-corrected chi connectivity index (χ0v) is 18.4. The largest absolute Gasteiger partial charge is 0.462 e. The number of aliphatic imine (C=N–C) groups is 1. The standard InChI is InChI=1S/C26H28N2O3/c1-4-31-25(30)20-6-5-17-15-23-16(2)26(3,21(17)14-20)10-12-28(23)24(29)19-7-8-22-18(13-19)9-11-27-22/h5-8,11,13-14,16,23H,4,9-10,12,15H2,1-3H3/t16-,23-,26-/m1/s1. The highest BCUT2D eigenvalue weighted by Gasteiger charge is 2.49. The second-order valence-corrected chi connectivity index (χ2v) is 9.18. The van der Waals surface area contributed by atoms with Crippen molar-refractivity contribution in [2.45, 2.75) is 51.5 Å². The first kappa shape index (κ1) is 20.0. The zero-order valence-electron chi connectivity index (χ0n) is 18.4. The molecule has 3 aliphatic rings. The maximum absolute atomic E-state index is 13.5. The van der Waals surface area contributed by atoms with E-state index < -0.39 is 0 Å². The quantitative estimate of drug-likeness (QED) is 0.693. The van der Waals surface area contributed by atoms with Gasteiger partial charge in [-0.15, -0.1) is 0 Å². The smallest absolute Gasteiger partial charge is 0.338 e. The van der Waals surface area contributed by atoms with E-state index in [1.807, 2.05) is 43.5 Å². The van der Waals surface area contributed by atoms with Gasteiger partial charge in [0.25, 0.3) is 5.91 Å². The lowest BCUT2D eigenvalue weighted by Gasteiger charge is -2.54. The summed E-state index contributed by atoms with van der Waals surface area (Å²) in [6.07, 6.45) is 4.39. The second-order valence-electron chi connectivity index (χ2n) is 9.18. The Morgan fingerprint density at radius 2 is 1.97 bits per heavy atom. The monoisotopic (exact) mass is 416 g/mol. The van der Waals surface area contributed by atoms with Crippen LogP contribution in [0.25, 0.3) is 0 Å². The highest BCUT2D eigenvalue weighted by Crippen LogP contribution is 2.49. The van der Waals surface area contributed by atoms with E-state index in [9.17, 15) is 9.59 Å². The van der Waals surface area contributed by atoms with Gasteiger partial charge in [0.1, 0.15) is 0 Å². The average Bonchev–Trinajstić information content (AvgIpc) is 3.24. The maximum Gasteiger partial charge on any atom is 0.338 e. The number of hydrogen-bond acceptors (Lipinski definition) is 4. The van der Waals surface area contributed by atoms with Gasteiger partial charge in [0.05, 0.1) is 17.9 Å². The van der Waals surface area contributed by atoms with E-state index in [2.05, 4.69) is 29.8 Å². The van der Waals surface area contributed by atoms with E-state index >= 15 is 0 Å². The summed E-state index contributed by atoms with van der Waals surface area (Å²) in [5, 5.41) is 0. The molecule has 2 heterocycles. The Hall–Kier alpha value is -2.95. The summed E-state index contributed by atoms with van der Waals surface area (Å²) < 4.78 is 5.21. The van der Waals surface area contributed by atoms with Crippen LogP contribution in [0.3, 0.4) is 0 Å². The third-order valence-corrected chi connectivity index (χ3v) is 7.65. The minimum atomic E-state index is -0.267. The molecule has 0 radical (unpaired) electrons. The van der Waals surface area contributed by atoms with Gasteiger partial charge in [0, 0.05) is 30.8 Å². The Bertz CT molecular complexity index is 1110. The van der Waals surface area contributed by atoms with Crippen molar-refractivity contribution in [3.05, 3.63) is 64.2 Å². The molecule has 2 aromatic carbocycles. The van der Waals surface area contributed by atoms with Gasteiger partial charge in [0.2, 0.25) is 0 Å². The minimum absolute atomic E-state index is 0.0662. The lowest BCUT2D eigenvalue weighted by Crippen LogP contribution is -2.59. The van der Waals surface area contributed by atoms with Crippen LogP contribution in [0.2, 0.25) is 0 Å². The molecular formula is C26H28N2O3. The Balaban J connectivity index is 1.46. The van der Waals surface area contributed by atoms with Crippen molar-refractivity contribution in [1.82, 2.24) is 4.90 Å². The number of benzene rings is 2. The number of carbonyl (C=O) groups excluding carboxylic acids is 2. The van der Waals surface area contributed by atoms with E-state index in [1.165, 1.54) is 11.1 Å². The fourth-order valence-corrected chi connectivity index (χ4v) is 5.63. The van der Waals surface area contributed by atoms with Crippen LogP contribution in [-0.2, 0) is 23.0 Å². The van der Waals surface area contributed by atoms with Crippen molar-refractivity contribution in [2.24, 2.45) is 10.9 Å². The number of amides is 1. The van der Waals surface area contributed by atoms with E-state index in [-0.39, 0.29) is 23.3 Å². The average molecular weight is 417 g/mol. The lowest BCUT2D eigenvalue weighted by atomic mass is 9.58. The van der Waals surface area contributed by atoms with Crippen LogP contribution in [-0.4, -0.2) is 42.2 Å². The van der Waals surface area contributed by atoms with Gasteiger partial charge in [-0.25, -0.2) is 4.79 Å². The molecule has 160 valence electrons. The molecule has 31 heavy (non-hydrogen) atoms. The number of likely N-dealkylation sites (tertiary alicyclic amines) is 1. The van der Waals surface area contributed by atoms with Crippen molar-refractivity contribution >= 4 is 23.8 Å². The van der Waals surface area contributed by atoms with E-state index in [1.54, 1.807) is 0 Å². The molecule has 5 heteroatoms. The molecule has 0 spiro atoms. The van der Waals surface area contributed by atoms with E-state index in [4.69, 9.17) is 4.74 Å². The van der Waals surface area contributed by atoms with Crippen molar-refractivity contribution in [3.8, 4) is 0 Å². The number of fused-ring (bicyclic) bond motifs is 5. The molecule has 0 unspecified atom stereocenters. The highest BCUT2D eigenvalue weighted by molar-refractivity contribution is 5.96. The lowest BCUT2D eigenvalue weighted by molar-refractivity contribution is 0.0250. The number of carbonyl (C=O) groups is 2. The van der Waals surface area contributed by atoms with Crippen LogP contribution in [0.5, 0.6) is 0 Å². The fourth-order valence-electron chi connectivity index (χ4n) is 5.63. The van der Waals surface area contributed by atoms with Gasteiger partial charge in [0.15, 0.2) is 0 Å². The molecule has 2 aliphatic heterocycles. The Morgan fingerprint density at radius 3 is 2.77 bits per heavy atom. The van der Waals surface area contributed by atoms with Crippen molar-refractivity contribution in [1.29, 1.82) is 0 Å². The Labute approximate surface area is 183 Å². The fraction of sp³-hybridized carbons (Fsp3) is 0.423. The summed E-state index contributed by atoms with van der Waals surface area (Å²) in [5.74, 6) is 0.143. The summed E-state index contributed by atoms with van der Waals surface area (Å²) >= 11 is 0. The molecule has 1 fully saturated rings. The molecule has 2 aromatic rings. The molecule has 0 aromatic heterocycles. The molecule has 0 N–H and O–H groups in total. The molecule has 1 saturated heterocycles. The molecule has 2 bridgehead atoms. The molecule has 3 atom stereocenters. The number of nitrogens with zero attached hydrogens (tertiary/aromatic N) is 2. The Kier molecular flexibility index (Phi) is 4.72. The van der Waals surface area contributed by atoms with Crippen molar-refractivity contribution < 1.29 is 14.3 Å². The molecule has 0 saturated carbocycles. The molecule has 5 nitrogen and oxygen atoms in total.